The first-order chi connectivity index (χ1) is 5.79. The average Bonchev–Trinajstić information content (AvgIpc) is 2.12. The zero-order valence-electron chi connectivity index (χ0n) is 6.32. The van der Waals surface area contributed by atoms with Gasteiger partial charge in [-0.15, -0.1) is 0 Å². The molecule has 0 amide bonds. The second-order valence-electron chi connectivity index (χ2n) is 2.63. The van der Waals surface area contributed by atoms with Crippen LogP contribution in [0.1, 0.15) is 0 Å². The van der Waals surface area contributed by atoms with Crippen molar-refractivity contribution in [1.29, 1.82) is 0 Å². The fraction of sp³-hybridized carbons (Fsp3) is 0. The van der Waals surface area contributed by atoms with E-state index in [1.54, 1.807) is 18.2 Å². The molecule has 0 bridgehead atoms. The van der Waals surface area contributed by atoms with Gasteiger partial charge in [0.25, 0.3) is 0 Å². The van der Waals surface area contributed by atoms with Gasteiger partial charge in [-0.1, -0.05) is 30.3 Å². The Hall–Kier alpha value is -1.70. The summed E-state index contributed by atoms with van der Waals surface area (Å²) in [5, 5.41) is 21.8. The minimum absolute atomic E-state index is 0.159. The molecule has 0 atom stereocenters. The highest BCUT2D eigenvalue weighted by atomic mass is 16.3. The van der Waals surface area contributed by atoms with E-state index in [4.69, 9.17) is 0 Å². The highest BCUT2D eigenvalue weighted by Gasteiger charge is 2.04. The van der Waals surface area contributed by atoms with E-state index in [0.29, 0.717) is 5.39 Å². The number of hydrogen-bond acceptors (Lipinski definition) is 1. The van der Waals surface area contributed by atoms with Gasteiger partial charge < -0.3 is 5.11 Å². The molecule has 1 N–H and O–H groups in total. The van der Waals surface area contributed by atoms with Gasteiger partial charge in [0.1, 0.15) is 0 Å². The molecule has 0 saturated heterocycles. The lowest BCUT2D eigenvalue weighted by molar-refractivity contribution is 0.327. The van der Waals surface area contributed by atoms with Crippen LogP contribution in [0.4, 0.5) is 0 Å². The molecule has 2 nitrogen and oxygen atoms in total. The highest BCUT2D eigenvalue weighted by Crippen LogP contribution is 2.33. The molecule has 1 radical (unpaired) electrons. The molecule has 2 aromatic rings. The van der Waals surface area contributed by atoms with Crippen LogP contribution in [0.3, 0.4) is 0 Å². The van der Waals surface area contributed by atoms with Crippen molar-refractivity contribution >= 4 is 10.8 Å². The SMILES string of the molecule is [O]c1ccc2ccccc2c1O. The Morgan fingerprint density at radius 3 is 2.58 bits per heavy atom. The Morgan fingerprint density at radius 1 is 1.00 bits per heavy atom. The molecule has 2 heteroatoms. The zero-order chi connectivity index (χ0) is 8.55. The molecule has 0 saturated carbocycles. The third-order valence-electron chi connectivity index (χ3n) is 1.86. The molecule has 0 aliphatic rings. The Morgan fingerprint density at radius 2 is 1.75 bits per heavy atom. The molecule has 0 fully saturated rings. The van der Waals surface area contributed by atoms with E-state index in [1.807, 2.05) is 12.1 Å². The normalized spacial score (nSPS) is 10.3. The van der Waals surface area contributed by atoms with Crippen LogP contribution in [0.5, 0.6) is 11.5 Å². The fourth-order valence-corrected chi connectivity index (χ4v) is 1.24. The van der Waals surface area contributed by atoms with Crippen molar-refractivity contribution in [2.45, 2.75) is 0 Å². The van der Waals surface area contributed by atoms with Crippen molar-refractivity contribution in [3.63, 3.8) is 0 Å². The van der Waals surface area contributed by atoms with Gasteiger partial charge in [0.15, 0.2) is 5.75 Å². The predicted molar refractivity (Wildman–Crippen MR) is 45.7 cm³/mol. The van der Waals surface area contributed by atoms with Crippen LogP contribution >= 0.6 is 0 Å². The van der Waals surface area contributed by atoms with Crippen molar-refractivity contribution in [1.82, 2.24) is 0 Å². The Labute approximate surface area is 69.7 Å². The highest BCUT2D eigenvalue weighted by molar-refractivity contribution is 5.90. The quantitative estimate of drug-likeness (QED) is 0.630. The molecule has 0 heterocycles. The van der Waals surface area contributed by atoms with Crippen LogP contribution in [-0.4, -0.2) is 5.11 Å². The second-order valence-corrected chi connectivity index (χ2v) is 2.63. The summed E-state index contributed by atoms with van der Waals surface area (Å²) < 4.78 is 0. The number of benzene rings is 2. The van der Waals surface area contributed by atoms with Crippen molar-refractivity contribution in [3.8, 4) is 11.5 Å². The molecule has 0 unspecified atom stereocenters. The smallest absolute Gasteiger partial charge is 0.220 e. The van der Waals surface area contributed by atoms with Crippen LogP contribution in [0.25, 0.3) is 10.8 Å². The van der Waals surface area contributed by atoms with E-state index in [9.17, 15) is 10.2 Å². The summed E-state index contributed by atoms with van der Waals surface area (Å²) in [6.07, 6.45) is 0. The van der Waals surface area contributed by atoms with Crippen molar-refractivity contribution < 1.29 is 10.2 Å². The monoisotopic (exact) mass is 159 g/mol. The summed E-state index contributed by atoms with van der Waals surface area (Å²) in [4.78, 5) is 0. The number of phenolic OH excluding ortho intramolecular Hbond substituents is 1. The van der Waals surface area contributed by atoms with E-state index < -0.39 is 0 Å². The van der Waals surface area contributed by atoms with E-state index in [1.165, 1.54) is 6.07 Å². The fourth-order valence-electron chi connectivity index (χ4n) is 1.24. The van der Waals surface area contributed by atoms with E-state index >= 15 is 0 Å². The third-order valence-corrected chi connectivity index (χ3v) is 1.86. The van der Waals surface area contributed by atoms with E-state index in [-0.39, 0.29) is 11.5 Å². The summed E-state index contributed by atoms with van der Waals surface area (Å²) in [5.74, 6) is -0.484. The number of hydrogen-bond donors (Lipinski definition) is 1. The largest absolute Gasteiger partial charge is 0.504 e. The van der Waals surface area contributed by atoms with Gasteiger partial charge in [-0.2, -0.15) is 0 Å². The van der Waals surface area contributed by atoms with E-state index in [2.05, 4.69) is 0 Å². The lowest BCUT2D eigenvalue weighted by Gasteiger charge is -1.99. The molecule has 0 aromatic heterocycles. The lowest BCUT2D eigenvalue weighted by atomic mass is 10.1. The van der Waals surface area contributed by atoms with Crippen LogP contribution < -0.4 is 0 Å². The zero-order valence-corrected chi connectivity index (χ0v) is 6.32. The molecule has 2 rings (SSSR count). The van der Waals surface area contributed by atoms with Gasteiger partial charge in [-0.25, -0.2) is 0 Å². The van der Waals surface area contributed by atoms with Gasteiger partial charge in [0.2, 0.25) is 5.75 Å². The molecule has 59 valence electrons. The first-order valence-corrected chi connectivity index (χ1v) is 3.67. The van der Waals surface area contributed by atoms with Crippen LogP contribution in [0.15, 0.2) is 36.4 Å². The van der Waals surface area contributed by atoms with Crippen LogP contribution in [0.2, 0.25) is 0 Å². The average molecular weight is 159 g/mol. The van der Waals surface area contributed by atoms with Crippen molar-refractivity contribution in [2.75, 3.05) is 0 Å². The lowest BCUT2D eigenvalue weighted by Crippen LogP contribution is -1.72. The molecule has 0 spiro atoms. The van der Waals surface area contributed by atoms with Gasteiger partial charge in [0.05, 0.1) is 0 Å². The molecule has 12 heavy (non-hydrogen) atoms. The van der Waals surface area contributed by atoms with Crippen LogP contribution in [0, 0.1) is 0 Å². The molecule has 0 aliphatic heterocycles. The van der Waals surface area contributed by atoms with E-state index in [0.717, 1.165) is 5.39 Å². The Bertz CT molecular complexity index is 421. The second kappa shape index (κ2) is 2.41. The van der Waals surface area contributed by atoms with Gasteiger partial charge in [0, 0.05) is 5.39 Å². The number of aromatic hydroxyl groups is 1. The van der Waals surface area contributed by atoms with Gasteiger partial charge >= 0.3 is 0 Å². The third kappa shape index (κ3) is 0.889. The maximum atomic E-state index is 11.0. The maximum Gasteiger partial charge on any atom is 0.220 e. The number of phenols is 1. The molecular weight excluding hydrogens is 152 g/mol. The minimum Gasteiger partial charge on any atom is -0.504 e. The van der Waals surface area contributed by atoms with Crippen molar-refractivity contribution in [3.05, 3.63) is 36.4 Å². The summed E-state index contributed by atoms with van der Waals surface area (Å²) >= 11 is 0. The summed E-state index contributed by atoms with van der Waals surface area (Å²) in [5.41, 5.74) is 0. The van der Waals surface area contributed by atoms with Gasteiger partial charge in [-0.05, 0) is 11.5 Å². The number of fused-ring (bicyclic) bond motifs is 1. The standard InChI is InChI=1S/C10H7O2/c11-9-6-5-7-3-1-2-4-8(7)10(9)12/h1-6,12H. The first-order valence-electron chi connectivity index (χ1n) is 3.67. The van der Waals surface area contributed by atoms with Crippen LogP contribution in [-0.2, 0) is 5.11 Å². The molecule has 2 aromatic carbocycles. The summed E-state index contributed by atoms with van der Waals surface area (Å²) in [6, 6.07) is 10.3. The van der Waals surface area contributed by atoms with Crippen molar-refractivity contribution in [2.24, 2.45) is 0 Å². The first kappa shape index (κ1) is 6.98. The topological polar surface area (TPSA) is 40.1 Å². The summed E-state index contributed by atoms with van der Waals surface area (Å²) in [6.45, 7) is 0. The maximum absolute atomic E-state index is 11.0. The Balaban J connectivity index is 2.91. The molecular formula is C10H7O2. The van der Waals surface area contributed by atoms with Gasteiger partial charge in [-0.3, -0.25) is 5.11 Å². The molecule has 0 aliphatic carbocycles. The Kier molecular flexibility index (Phi) is 1.40. The number of rotatable bonds is 0. The minimum atomic E-state index is -0.325. The summed E-state index contributed by atoms with van der Waals surface area (Å²) in [7, 11) is 0. The predicted octanol–water partition coefficient (Wildman–Crippen LogP) is 2.69.